The molecule has 0 aliphatic carbocycles. The van der Waals surface area contributed by atoms with Crippen LogP contribution in [0.4, 0.5) is 11.4 Å². The fourth-order valence-corrected chi connectivity index (χ4v) is 4.52. The highest BCUT2D eigenvalue weighted by Gasteiger charge is 2.29. The highest BCUT2D eigenvalue weighted by Crippen LogP contribution is 2.31. The quantitative estimate of drug-likeness (QED) is 0.486. The predicted molar refractivity (Wildman–Crippen MR) is 124 cm³/mol. The van der Waals surface area contributed by atoms with E-state index in [0.717, 1.165) is 50.0 Å². The molecule has 2 fully saturated rings. The van der Waals surface area contributed by atoms with E-state index in [0.29, 0.717) is 31.2 Å². The third kappa shape index (κ3) is 5.27. The van der Waals surface area contributed by atoms with Gasteiger partial charge in [0.1, 0.15) is 0 Å². The minimum absolute atomic E-state index is 0.0384. The van der Waals surface area contributed by atoms with Crippen molar-refractivity contribution in [3.05, 3.63) is 69.8 Å². The summed E-state index contributed by atoms with van der Waals surface area (Å²) in [4.78, 5) is 28.4. The molecule has 1 amide bonds. The number of piperidine rings is 2. The summed E-state index contributed by atoms with van der Waals surface area (Å²) in [5.74, 6) is 0.544. The first kappa shape index (κ1) is 22.3. The maximum absolute atomic E-state index is 13.4. The van der Waals surface area contributed by atoms with Crippen molar-refractivity contribution in [2.75, 3.05) is 31.1 Å². The lowest BCUT2D eigenvalue weighted by molar-refractivity contribution is -0.384. The number of carbonyl (C=O) groups is 1. The van der Waals surface area contributed by atoms with E-state index in [1.807, 2.05) is 35.2 Å². The van der Waals surface area contributed by atoms with E-state index in [2.05, 4.69) is 11.8 Å². The molecule has 4 rings (SSSR count). The molecule has 7 heteroatoms. The van der Waals surface area contributed by atoms with Crippen LogP contribution in [-0.4, -0.2) is 48.0 Å². The average molecular weight is 438 g/mol. The van der Waals surface area contributed by atoms with Crippen LogP contribution < -0.4 is 4.90 Å². The number of anilines is 1. The van der Waals surface area contributed by atoms with Crippen LogP contribution in [0.2, 0.25) is 0 Å². The van der Waals surface area contributed by atoms with Crippen LogP contribution >= 0.6 is 0 Å². The number of hydrogen-bond acceptors (Lipinski definition) is 5. The van der Waals surface area contributed by atoms with Crippen LogP contribution in [0, 0.1) is 16.0 Å². The Hall–Kier alpha value is -2.93. The van der Waals surface area contributed by atoms with Gasteiger partial charge >= 0.3 is 0 Å². The van der Waals surface area contributed by atoms with Gasteiger partial charge in [0.2, 0.25) is 0 Å². The number of nitro benzene ring substituents is 1. The Kier molecular flexibility index (Phi) is 7.05. The Labute approximate surface area is 189 Å². The topological polar surface area (TPSA) is 75.9 Å². The van der Waals surface area contributed by atoms with Crippen LogP contribution in [0.3, 0.4) is 0 Å². The Morgan fingerprint density at radius 3 is 2.38 bits per heavy atom. The second kappa shape index (κ2) is 10.1. The van der Waals surface area contributed by atoms with Crippen molar-refractivity contribution in [2.45, 2.75) is 45.3 Å². The molecule has 2 aliphatic rings. The molecule has 0 radical (unpaired) electrons. The van der Waals surface area contributed by atoms with Gasteiger partial charge in [-0.2, -0.15) is 0 Å². The molecule has 0 spiro atoms. The molecule has 0 atom stereocenters. The number of nitro groups is 1. The van der Waals surface area contributed by atoms with Crippen LogP contribution in [0.1, 0.15) is 48.5 Å². The number of carbonyl (C=O) groups excluding carboxylic acids is 1. The van der Waals surface area contributed by atoms with Gasteiger partial charge in [0.25, 0.3) is 11.6 Å². The van der Waals surface area contributed by atoms with E-state index >= 15 is 0 Å². The molecule has 0 bridgehead atoms. The van der Waals surface area contributed by atoms with Gasteiger partial charge in [0.15, 0.2) is 0 Å². The molecule has 2 saturated heterocycles. The number of non-ortho nitro benzene ring substituents is 1. The van der Waals surface area contributed by atoms with Crippen molar-refractivity contribution in [1.29, 1.82) is 0 Å². The highest BCUT2D eigenvalue weighted by atomic mass is 16.6. The van der Waals surface area contributed by atoms with Crippen molar-refractivity contribution in [3.8, 4) is 0 Å². The average Bonchev–Trinajstić information content (AvgIpc) is 2.83. The smallest absolute Gasteiger partial charge is 0.270 e. The lowest BCUT2D eigenvalue weighted by Gasteiger charge is -2.35. The lowest BCUT2D eigenvalue weighted by atomic mass is 9.97. The normalized spacial score (nSPS) is 18.0. The van der Waals surface area contributed by atoms with Crippen molar-refractivity contribution >= 4 is 17.3 Å². The van der Waals surface area contributed by atoms with Gasteiger partial charge in [-0.15, -0.1) is 0 Å². The van der Waals surface area contributed by atoms with Gasteiger partial charge in [0.05, 0.1) is 28.9 Å². The molecule has 2 aromatic carbocycles. The molecule has 0 aromatic heterocycles. The lowest BCUT2D eigenvalue weighted by Crippen LogP contribution is -2.42. The third-order valence-corrected chi connectivity index (χ3v) is 6.60. The molecule has 7 nitrogen and oxygen atoms in total. The summed E-state index contributed by atoms with van der Waals surface area (Å²) >= 11 is 0. The Morgan fingerprint density at radius 2 is 1.72 bits per heavy atom. The Bertz CT molecular complexity index is 933. The standard InChI is InChI=1S/C25H31N3O4/c1-19-9-13-26(14-10-19)24-8-7-21(28(30)31)17-23(24)25(29)27-15-11-22(12-16-27)32-18-20-5-3-2-4-6-20/h2-8,17,19,22H,9-16,18H2,1H3. The Balaban J connectivity index is 1.43. The van der Waals surface area contributed by atoms with Crippen LogP contribution in [0.25, 0.3) is 0 Å². The summed E-state index contributed by atoms with van der Waals surface area (Å²) in [5.41, 5.74) is 2.36. The van der Waals surface area contributed by atoms with E-state index in [4.69, 9.17) is 4.74 Å². The molecule has 2 aromatic rings. The molecule has 170 valence electrons. The van der Waals surface area contributed by atoms with Gasteiger partial charge in [-0.25, -0.2) is 0 Å². The first-order valence-electron chi connectivity index (χ1n) is 11.5. The molecule has 2 heterocycles. The monoisotopic (exact) mass is 437 g/mol. The molecular weight excluding hydrogens is 406 g/mol. The van der Waals surface area contributed by atoms with E-state index < -0.39 is 4.92 Å². The third-order valence-electron chi connectivity index (χ3n) is 6.60. The first-order valence-corrected chi connectivity index (χ1v) is 11.5. The van der Waals surface area contributed by atoms with Crippen LogP contribution in [0.5, 0.6) is 0 Å². The fraction of sp³-hybridized carbons (Fsp3) is 0.480. The number of nitrogens with zero attached hydrogens (tertiary/aromatic N) is 3. The van der Waals surface area contributed by atoms with Crippen molar-refractivity contribution in [2.24, 2.45) is 5.92 Å². The maximum Gasteiger partial charge on any atom is 0.270 e. The van der Waals surface area contributed by atoms with E-state index in [9.17, 15) is 14.9 Å². The van der Waals surface area contributed by atoms with Gasteiger partial charge in [-0.1, -0.05) is 37.3 Å². The second-order valence-electron chi connectivity index (χ2n) is 8.92. The molecule has 0 unspecified atom stereocenters. The summed E-state index contributed by atoms with van der Waals surface area (Å²) in [6.45, 7) is 5.74. The number of ether oxygens (including phenoxy) is 1. The molecular formula is C25H31N3O4. The Morgan fingerprint density at radius 1 is 1.03 bits per heavy atom. The minimum Gasteiger partial charge on any atom is -0.373 e. The zero-order chi connectivity index (χ0) is 22.5. The number of amides is 1. The zero-order valence-electron chi connectivity index (χ0n) is 18.6. The number of rotatable bonds is 6. The summed E-state index contributed by atoms with van der Waals surface area (Å²) in [5, 5.41) is 11.4. The fourth-order valence-electron chi connectivity index (χ4n) is 4.52. The van der Waals surface area contributed by atoms with Crippen molar-refractivity contribution in [3.63, 3.8) is 0 Å². The van der Waals surface area contributed by atoms with Crippen LogP contribution in [-0.2, 0) is 11.3 Å². The summed E-state index contributed by atoms with van der Waals surface area (Å²) in [7, 11) is 0. The minimum atomic E-state index is -0.428. The number of benzene rings is 2. The summed E-state index contributed by atoms with van der Waals surface area (Å²) in [6.07, 6.45) is 3.78. The van der Waals surface area contributed by atoms with E-state index in [1.54, 1.807) is 6.07 Å². The number of hydrogen-bond donors (Lipinski definition) is 0. The largest absolute Gasteiger partial charge is 0.373 e. The van der Waals surface area contributed by atoms with E-state index in [1.165, 1.54) is 12.1 Å². The van der Waals surface area contributed by atoms with Gasteiger partial charge < -0.3 is 14.5 Å². The summed E-state index contributed by atoms with van der Waals surface area (Å²) in [6, 6.07) is 14.8. The predicted octanol–water partition coefficient (Wildman–Crippen LogP) is 4.65. The second-order valence-corrected chi connectivity index (χ2v) is 8.92. The molecule has 0 saturated carbocycles. The van der Waals surface area contributed by atoms with Gasteiger partial charge in [-0.3, -0.25) is 14.9 Å². The zero-order valence-corrected chi connectivity index (χ0v) is 18.6. The summed E-state index contributed by atoms with van der Waals surface area (Å²) < 4.78 is 6.05. The van der Waals surface area contributed by atoms with Gasteiger partial charge in [0, 0.05) is 38.3 Å². The van der Waals surface area contributed by atoms with Crippen LogP contribution in [0.15, 0.2) is 48.5 Å². The molecule has 0 N–H and O–H groups in total. The highest BCUT2D eigenvalue weighted by molar-refractivity contribution is 6.00. The maximum atomic E-state index is 13.4. The number of likely N-dealkylation sites (tertiary alicyclic amines) is 1. The van der Waals surface area contributed by atoms with Gasteiger partial charge in [-0.05, 0) is 43.2 Å². The first-order chi connectivity index (χ1) is 15.5. The van der Waals surface area contributed by atoms with E-state index in [-0.39, 0.29) is 17.7 Å². The molecule has 32 heavy (non-hydrogen) atoms. The SMILES string of the molecule is CC1CCN(c2ccc([N+](=O)[O-])cc2C(=O)N2CCC(OCc3ccccc3)CC2)CC1. The van der Waals surface area contributed by atoms with Crippen molar-refractivity contribution < 1.29 is 14.5 Å². The van der Waals surface area contributed by atoms with Crippen molar-refractivity contribution in [1.82, 2.24) is 4.90 Å². The molecule has 2 aliphatic heterocycles.